The Bertz CT molecular complexity index is 695. The number of urea groups is 1. The van der Waals surface area contributed by atoms with Crippen LogP contribution in [0.15, 0.2) is 24.5 Å². The van der Waals surface area contributed by atoms with E-state index in [1.54, 1.807) is 17.3 Å². The molecule has 0 aromatic carbocycles. The molecular weight excluding hydrogens is 294 g/mol. The maximum atomic E-state index is 12.5. The normalized spacial score (nSPS) is 19.5. The summed E-state index contributed by atoms with van der Waals surface area (Å²) in [5.41, 5.74) is 1.09. The summed E-state index contributed by atoms with van der Waals surface area (Å²) in [5.74, 6) is 0.224. The molecule has 23 heavy (non-hydrogen) atoms. The number of hydrogen-bond acceptors (Lipinski definition) is 5. The van der Waals surface area contributed by atoms with E-state index < -0.39 is 0 Å². The molecule has 0 bridgehead atoms. The smallest absolute Gasteiger partial charge is 0.316 e. The maximum Gasteiger partial charge on any atom is 0.324 e. The molecule has 0 radical (unpaired) electrons. The fourth-order valence-electron chi connectivity index (χ4n) is 2.95. The van der Waals surface area contributed by atoms with Crippen LogP contribution in [0.2, 0.25) is 0 Å². The SMILES string of the molecule is CC(C)n1nnc(NC(=O)N2CC(C)(C)C2c2ccncc2)n1. The highest BCUT2D eigenvalue weighted by atomic mass is 16.2. The van der Waals surface area contributed by atoms with E-state index in [-0.39, 0.29) is 29.5 Å². The van der Waals surface area contributed by atoms with Gasteiger partial charge in [-0.05, 0) is 36.8 Å². The van der Waals surface area contributed by atoms with Crippen molar-refractivity contribution >= 4 is 12.0 Å². The highest BCUT2D eigenvalue weighted by Gasteiger charge is 2.49. The van der Waals surface area contributed by atoms with Gasteiger partial charge < -0.3 is 4.90 Å². The second-order valence-electron chi connectivity index (χ2n) is 6.76. The summed E-state index contributed by atoms with van der Waals surface area (Å²) in [5, 5.41) is 14.7. The van der Waals surface area contributed by atoms with E-state index in [0.717, 1.165) is 5.56 Å². The number of carbonyl (C=O) groups excluding carboxylic acids is 1. The molecular formula is C15H21N7O. The topological polar surface area (TPSA) is 88.8 Å². The lowest BCUT2D eigenvalue weighted by Crippen LogP contribution is -2.59. The Hall–Kier alpha value is -2.51. The third-order valence-electron chi connectivity index (χ3n) is 4.02. The van der Waals surface area contributed by atoms with Crippen molar-refractivity contribution in [2.45, 2.75) is 39.8 Å². The minimum absolute atomic E-state index is 0.00523. The molecule has 1 aliphatic rings. The number of amides is 2. The van der Waals surface area contributed by atoms with Crippen LogP contribution >= 0.6 is 0 Å². The van der Waals surface area contributed by atoms with E-state index in [1.807, 2.05) is 26.0 Å². The molecule has 8 nitrogen and oxygen atoms in total. The Kier molecular flexibility index (Phi) is 3.75. The molecule has 122 valence electrons. The quantitative estimate of drug-likeness (QED) is 0.938. The van der Waals surface area contributed by atoms with Crippen LogP contribution in [-0.4, -0.2) is 42.7 Å². The summed E-state index contributed by atoms with van der Waals surface area (Å²) in [7, 11) is 0. The lowest BCUT2D eigenvalue weighted by atomic mass is 9.72. The van der Waals surface area contributed by atoms with E-state index in [4.69, 9.17) is 0 Å². The van der Waals surface area contributed by atoms with E-state index in [1.165, 1.54) is 4.80 Å². The summed E-state index contributed by atoms with van der Waals surface area (Å²) < 4.78 is 0. The van der Waals surface area contributed by atoms with E-state index in [9.17, 15) is 4.79 Å². The van der Waals surface area contributed by atoms with E-state index >= 15 is 0 Å². The highest BCUT2D eigenvalue weighted by molar-refractivity contribution is 5.88. The summed E-state index contributed by atoms with van der Waals surface area (Å²) in [4.78, 5) is 19.8. The zero-order valence-corrected chi connectivity index (χ0v) is 13.8. The monoisotopic (exact) mass is 315 g/mol. The number of anilines is 1. The van der Waals surface area contributed by atoms with Gasteiger partial charge in [0.05, 0.1) is 12.1 Å². The number of likely N-dealkylation sites (tertiary alicyclic amines) is 1. The third kappa shape index (κ3) is 2.88. The van der Waals surface area contributed by atoms with Crippen molar-refractivity contribution in [3.63, 3.8) is 0 Å². The van der Waals surface area contributed by atoms with Crippen molar-refractivity contribution < 1.29 is 4.79 Å². The standard InChI is InChI=1S/C15H21N7O/c1-10(2)22-19-13(18-20-22)17-14(23)21-9-15(3,4)12(21)11-5-7-16-8-6-11/h5-8,10,12H,9H2,1-4H3,(H,17,19,23). The number of tetrazole rings is 1. The zero-order chi connectivity index (χ0) is 16.6. The molecule has 3 heterocycles. The fraction of sp³-hybridized carbons (Fsp3) is 0.533. The van der Waals surface area contributed by atoms with Crippen LogP contribution in [0.5, 0.6) is 0 Å². The van der Waals surface area contributed by atoms with Crippen LogP contribution < -0.4 is 5.32 Å². The van der Waals surface area contributed by atoms with Crippen molar-refractivity contribution in [2.75, 3.05) is 11.9 Å². The second kappa shape index (κ2) is 5.60. The molecule has 0 spiro atoms. The first-order chi connectivity index (χ1) is 10.9. The molecule has 3 rings (SSSR count). The van der Waals surface area contributed by atoms with Crippen LogP contribution in [0.25, 0.3) is 0 Å². The fourth-order valence-corrected chi connectivity index (χ4v) is 2.95. The van der Waals surface area contributed by atoms with Crippen molar-refractivity contribution in [3.8, 4) is 0 Å². The van der Waals surface area contributed by atoms with Gasteiger partial charge in [0.25, 0.3) is 5.95 Å². The van der Waals surface area contributed by atoms with Gasteiger partial charge in [0.1, 0.15) is 0 Å². The minimum atomic E-state index is -0.213. The largest absolute Gasteiger partial charge is 0.324 e. The summed E-state index contributed by atoms with van der Waals surface area (Å²) in [6.07, 6.45) is 3.49. The number of pyridine rings is 1. The molecule has 0 aliphatic carbocycles. The molecule has 2 aromatic heterocycles. The molecule has 1 fully saturated rings. The first-order valence-electron chi connectivity index (χ1n) is 7.65. The third-order valence-corrected chi connectivity index (χ3v) is 4.02. The molecule has 1 aliphatic heterocycles. The van der Waals surface area contributed by atoms with Gasteiger partial charge in [-0.1, -0.05) is 18.9 Å². The van der Waals surface area contributed by atoms with Gasteiger partial charge in [-0.2, -0.15) is 4.80 Å². The highest BCUT2D eigenvalue weighted by Crippen LogP contribution is 2.48. The Labute approximate surface area is 134 Å². The number of nitrogens with zero attached hydrogens (tertiary/aromatic N) is 6. The number of rotatable bonds is 3. The van der Waals surface area contributed by atoms with Crippen molar-refractivity contribution in [1.82, 2.24) is 30.1 Å². The number of hydrogen-bond donors (Lipinski definition) is 1. The van der Waals surface area contributed by atoms with Crippen LogP contribution in [0.3, 0.4) is 0 Å². The van der Waals surface area contributed by atoms with Gasteiger partial charge in [-0.25, -0.2) is 4.79 Å². The minimum Gasteiger partial charge on any atom is -0.316 e. The van der Waals surface area contributed by atoms with Crippen molar-refractivity contribution in [2.24, 2.45) is 5.41 Å². The van der Waals surface area contributed by atoms with Gasteiger partial charge in [0.15, 0.2) is 0 Å². The molecule has 1 unspecified atom stereocenters. The van der Waals surface area contributed by atoms with Crippen molar-refractivity contribution in [3.05, 3.63) is 30.1 Å². The van der Waals surface area contributed by atoms with E-state index in [2.05, 4.69) is 39.6 Å². The molecule has 1 saturated heterocycles. The molecule has 0 saturated carbocycles. The van der Waals surface area contributed by atoms with Crippen LogP contribution in [0.1, 0.15) is 45.3 Å². The van der Waals surface area contributed by atoms with Gasteiger partial charge in [0.2, 0.25) is 0 Å². The van der Waals surface area contributed by atoms with Crippen molar-refractivity contribution in [1.29, 1.82) is 0 Å². The van der Waals surface area contributed by atoms with Gasteiger partial charge in [-0.15, -0.1) is 5.10 Å². The average molecular weight is 315 g/mol. The predicted octanol–water partition coefficient (Wildman–Crippen LogP) is 2.26. The molecule has 2 amide bonds. The first kappa shape index (κ1) is 15.4. The zero-order valence-electron chi connectivity index (χ0n) is 13.8. The first-order valence-corrected chi connectivity index (χ1v) is 7.65. The molecule has 8 heteroatoms. The maximum absolute atomic E-state index is 12.5. The Balaban J connectivity index is 1.74. The average Bonchev–Trinajstić information content (AvgIpc) is 2.95. The Morgan fingerprint density at radius 1 is 1.35 bits per heavy atom. The van der Waals surface area contributed by atoms with Crippen LogP contribution in [0.4, 0.5) is 10.7 Å². The van der Waals surface area contributed by atoms with Crippen LogP contribution in [-0.2, 0) is 0 Å². The Morgan fingerprint density at radius 3 is 2.61 bits per heavy atom. The second-order valence-corrected chi connectivity index (χ2v) is 6.76. The lowest BCUT2D eigenvalue weighted by Gasteiger charge is -2.54. The summed E-state index contributed by atoms with van der Waals surface area (Å²) in [6, 6.07) is 3.78. The predicted molar refractivity (Wildman–Crippen MR) is 84.7 cm³/mol. The molecule has 2 aromatic rings. The number of aromatic nitrogens is 5. The Morgan fingerprint density at radius 2 is 2.04 bits per heavy atom. The van der Waals surface area contributed by atoms with Crippen LogP contribution in [0, 0.1) is 5.41 Å². The van der Waals surface area contributed by atoms with Gasteiger partial charge in [-0.3, -0.25) is 10.3 Å². The number of nitrogens with one attached hydrogen (secondary N) is 1. The lowest BCUT2D eigenvalue weighted by molar-refractivity contribution is -0.0116. The van der Waals surface area contributed by atoms with Gasteiger partial charge >= 0.3 is 6.03 Å². The van der Waals surface area contributed by atoms with Gasteiger partial charge in [0, 0.05) is 24.4 Å². The summed E-state index contributed by atoms with van der Waals surface area (Å²) >= 11 is 0. The van der Waals surface area contributed by atoms with E-state index in [0.29, 0.717) is 6.54 Å². The summed E-state index contributed by atoms with van der Waals surface area (Å²) in [6.45, 7) is 8.86. The molecule has 1 atom stereocenters. The number of carbonyl (C=O) groups is 1. The molecule has 1 N–H and O–H groups in total.